The van der Waals surface area contributed by atoms with Crippen molar-refractivity contribution in [1.29, 1.82) is 0 Å². The molecule has 0 saturated carbocycles. The van der Waals surface area contributed by atoms with E-state index in [4.69, 9.17) is 16.3 Å². The average Bonchev–Trinajstić information content (AvgIpc) is 2.88. The monoisotopic (exact) mass is 324 g/mol. The summed E-state index contributed by atoms with van der Waals surface area (Å²) >= 11 is 5.87. The van der Waals surface area contributed by atoms with Gasteiger partial charge in [0.15, 0.2) is 0 Å². The van der Waals surface area contributed by atoms with Crippen LogP contribution in [-0.4, -0.2) is 36.2 Å². The van der Waals surface area contributed by atoms with Crippen LogP contribution < -0.4 is 5.32 Å². The van der Waals surface area contributed by atoms with E-state index >= 15 is 0 Å². The van der Waals surface area contributed by atoms with Crippen LogP contribution in [0.2, 0.25) is 5.02 Å². The van der Waals surface area contributed by atoms with Crippen LogP contribution in [0.15, 0.2) is 24.3 Å². The molecule has 2 rings (SSSR count). The third kappa shape index (κ3) is 5.50. The highest BCUT2D eigenvalue weighted by Gasteiger charge is 2.29. The molecule has 0 radical (unpaired) electrons. The number of likely N-dealkylation sites (tertiary alicyclic amines) is 1. The van der Waals surface area contributed by atoms with Gasteiger partial charge in [-0.15, -0.1) is 0 Å². The Morgan fingerprint density at radius 2 is 2.05 bits per heavy atom. The first kappa shape index (κ1) is 17.1. The van der Waals surface area contributed by atoms with E-state index in [2.05, 4.69) is 5.32 Å². The lowest BCUT2D eigenvalue weighted by Crippen LogP contribution is -2.36. The molecule has 122 valence electrons. The van der Waals surface area contributed by atoms with E-state index < -0.39 is 5.60 Å². The van der Waals surface area contributed by atoms with Crippen molar-refractivity contribution in [3.8, 4) is 0 Å². The lowest BCUT2D eigenvalue weighted by molar-refractivity contribution is 0.0288. The maximum atomic E-state index is 12.0. The molecule has 0 bridgehead atoms. The number of amides is 1. The zero-order valence-electron chi connectivity index (χ0n) is 13.6. The van der Waals surface area contributed by atoms with Crippen molar-refractivity contribution in [2.75, 3.05) is 19.6 Å². The van der Waals surface area contributed by atoms with Gasteiger partial charge in [-0.05, 0) is 50.8 Å². The Kier molecular flexibility index (Phi) is 5.70. The molecule has 1 N–H and O–H groups in total. The molecule has 1 aliphatic rings. The van der Waals surface area contributed by atoms with Crippen molar-refractivity contribution in [2.24, 2.45) is 5.92 Å². The molecule has 0 aliphatic carbocycles. The molecule has 1 atom stereocenters. The van der Waals surface area contributed by atoms with Gasteiger partial charge in [-0.1, -0.05) is 23.7 Å². The maximum absolute atomic E-state index is 12.0. The molecule has 4 nitrogen and oxygen atoms in total. The number of carbonyl (C=O) groups is 1. The van der Waals surface area contributed by atoms with Crippen molar-refractivity contribution in [3.05, 3.63) is 34.9 Å². The molecule has 1 saturated heterocycles. The minimum Gasteiger partial charge on any atom is -0.444 e. The van der Waals surface area contributed by atoms with Gasteiger partial charge < -0.3 is 15.0 Å². The molecule has 1 amide bonds. The molecular formula is C17H25ClN2O2. The highest BCUT2D eigenvalue weighted by molar-refractivity contribution is 6.30. The van der Waals surface area contributed by atoms with Gasteiger partial charge >= 0.3 is 6.09 Å². The topological polar surface area (TPSA) is 41.6 Å². The molecular weight excluding hydrogens is 300 g/mol. The summed E-state index contributed by atoms with van der Waals surface area (Å²) in [7, 11) is 0. The van der Waals surface area contributed by atoms with E-state index in [1.165, 1.54) is 5.56 Å². The first-order valence-electron chi connectivity index (χ1n) is 7.76. The minimum atomic E-state index is -0.429. The zero-order valence-corrected chi connectivity index (χ0v) is 14.3. The van der Waals surface area contributed by atoms with Gasteiger partial charge in [-0.25, -0.2) is 4.79 Å². The van der Waals surface area contributed by atoms with E-state index in [9.17, 15) is 4.79 Å². The Bertz CT molecular complexity index is 496. The molecule has 1 aliphatic heterocycles. The van der Waals surface area contributed by atoms with Crippen LogP contribution in [0.5, 0.6) is 0 Å². The van der Waals surface area contributed by atoms with Gasteiger partial charge in [-0.2, -0.15) is 0 Å². The number of hydrogen-bond donors (Lipinski definition) is 1. The third-order valence-electron chi connectivity index (χ3n) is 3.61. The first-order chi connectivity index (χ1) is 10.3. The quantitative estimate of drug-likeness (QED) is 0.918. The van der Waals surface area contributed by atoms with Crippen LogP contribution >= 0.6 is 11.6 Å². The second-order valence-corrected chi connectivity index (χ2v) is 7.27. The Morgan fingerprint density at radius 3 is 2.68 bits per heavy atom. The van der Waals surface area contributed by atoms with Gasteiger partial charge in [-0.3, -0.25) is 0 Å². The van der Waals surface area contributed by atoms with Crippen molar-refractivity contribution >= 4 is 17.7 Å². The first-order valence-corrected chi connectivity index (χ1v) is 8.14. The highest BCUT2D eigenvalue weighted by atomic mass is 35.5. The lowest BCUT2D eigenvalue weighted by Gasteiger charge is -2.24. The minimum absolute atomic E-state index is 0.201. The number of benzene rings is 1. The van der Waals surface area contributed by atoms with Gasteiger partial charge in [0.1, 0.15) is 5.60 Å². The Labute approximate surface area is 137 Å². The SMILES string of the molecule is CC(C)(C)OC(=O)N1CC[C@H](CNCc2ccc(Cl)cc2)C1. The largest absolute Gasteiger partial charge is 0.444 e. The summed E-state index contributed by atoms with van der Waals surface area (Å²) in [6, 6.07) is 7.85. The van der Waals surface area contributed by atoms with Crippen LogP contribution in [0, 0.1) is 5.92 Å². The Hall–Kier alpha value is -1.26. The second-order valence-electron chi connectivity index (χ2n) is 6.84. The molecule has 1 aromatic carbocycles. The van der Waals surface area contributed by atoms with E-state index in [0.717, 1.165) is 37.6 Å². The van der Waals surface area contributed by atoms with Crippen LogP contribution in [-0.2, 0) is 11.3 Å². The summed E-state index contributed by atoms with van der Waals surface area (Å²) in [5, 5.41) is 4.21. The van der Waals surface area contributed by atoms with E-state index in [1.807, 2.05) is 45.0 Å². The number of rotatable bonds is 4. The molecule has 5 heteroatoms. The molecule has 0 spiro atoms. The van der Waals surface area contributed by atoms with Crippen molar-refractivity contribution in [1.82, 2.24) is 10.2 Å². The summed E-state index contributed by atoms with van der Waals surface area (Å²) in [4.78, 5) is 13.8. The molecule has 1 aromatic rings. The normalized spacial score (nSPS) is 18.5. The maximum Gasteiger partial charge on any atom is 0.410 e. The molecule has 1 fully saturated rings. The van der Waals surface area contributed by atoms with Crippen LogP contribution in [0.1, 0.15) is 32.8 Å². The summed E-state index contributed by atoms with van der Waals surface area (Å²) in [5.74, 6) is 0.486. The van der Waals surface area contributed by atoms with Crippen LogP contribution in [0.4, 0.5) is 4.79 Å². The third-order valence-corrected chi connectivity index (χ3v) is 3.86. The van der Waals surface area contributed by atoms with Crippen molar-refractivity contribution in [2.45, 2.75) is 39.3 Å². The van der Waals surface area contributed by atoms with Crippen LogP contribution in [0.25, 0.3) is 0 Å². The molecule has 1 heterocycles. The predicted octanol–water partition coefficient (Wildman–Crippen LogP) is 3.69. The van der Waals surface area contributed by atoms with Gasteiger partial charge in [0, 0.05) is 31.2 Å². The van der Waals surface area contributed by atoms with E-state index in [0.29, 0.717) is 5.92 Å². The summed E-state index contributed by atoms with van der Waals surface area (Å²) in [6.07, 6.45) is 0.819. The zero-order chi connectivity index (χ0) is 16.2. The second kappa shape index (κ2) is 7.34. The highest BCUT2D eigenvalue weighted by Crippen LogP contribution is 2.19. The molecule has 0 unspecified atom stereocenters. The molecule has 0 aromatic heterocycles. The number of ether oxygens (including phenoxy) is 1. The fourth-order valence-electron chi connectivity index (χ4n) is 2.51. The fourth-order valence-corrected chi connectivity index (χ4v) is 2.64. The average molecular weight is 325 g/mol. The summed E-state index contributed by atoms with van der Waals surface area (Å²) < 4.78 is 5.41. The number of nitrogens with zero attached hydrogens (tertiary/aromatic N) is 1. The lowest BCUT2D eigenvalue weighted by atomic mass is 10.1. The van der Waals surface area contributed by atoms with Crippen molar-refractivity contribution in [3.63, 3.8) is 0 Å². The summed E-state index contributed by atoms with van der Waals surface area (Å²) in [6.45, 7) is 8.96. The number of hydrogen-bond acceptors (Lipinski definition) is 3. The number of nitrogens with one attached hydrogen (secondary N) is 1. The number of halogens is 1. The predicted molar refractivity (Wildman–Crippen MR) is 89.1 cm³/mol. The van der Waals surface area contributed by atoms with Gasteiger partial charge in [0.05, 0.1) is 0 Å². The van der Waals surface area contributed by atoms with Crippen molar-refractivity contribution < 1.29 is 9.53 Å². The van der Waals surface area contributed by atoms with Crippen LogP contribution in [0.3, 0.4) is 0 Å². The summed E-state index contributed by atoms with van der Waals surface area (Å²) in [5.41, 5.74) is 0.786. The standard InChI is InChI=1S/C17H25ClN2O2/c1-17(2,3)22-16(21)20-9-8-14(12-20)11-19-10-13-4-6-15(18)7-5-13/h4-7,14,19H,8-12H2,1-3H3/t14-/m1/s1. The van der Waals surface area contributed by atoms with E-state index in [1.54, 1.807) is 4.90 Å². The van der Waals surface area contributed by atoms with Gasteiger partial charge in [0.2, 0.25) is 0 Å². The van der Waals surface area contributed by atoms with Gasteiger partial charge in [0.25, 0.3) is 0 Å². The Balaban J connectivity index is 1.70. The molecule has 22 heavy (non-hydrogen) atoms. The van der Waals surface area contributed by atoms with E-state index in [-0.39, 0.29) is 6.09 Å². The Morgan fingerprint density at radius 1 is 1.36 bits per heavy atom. The fraction of sp³-hybridized carbons (Fsp3) is 0.588. The smallest absolute Gasteiger partial charge is 0.410 e. The number of carbonyl (C=O) groups excluding carboxylic acids is 1.